The first-order valence-electron chi connectivity index (χ1n) is 9.79. The molecule has 31 heavy (non-hydrogen) atoms. The van der Waals surface area contributed by atoms with Crippen LogP contribution in [-0.2, 0) is 0 Å². The van der Waals surface area contributed by atoms with Crippen molar-refractivity contribution in [2.45, 2.75) is 6.92 Å². The second-order valence-electron chi connectivity index (χ2n) is 7.31. The highest BCUT2D eigenvalue weighted by Gasteiger charge is 2.24. The summed E-state index contributed by atoms with van der Waals surface area (Å²) in [7, 11) is 0. The molecule has 0 N–H and O–H groups in total. The second kappa shape index (κ2) is 8.47. The zero-order chi connectivity index (χ0) is 22.0. The van der Waals surface area contributed by atoms with Gasteiger partial charge in [0, 0.05) is 55.0 Å². The van der Waals surface area contributed by atoms with E-state index in [1.54, 1.807) is 30.0 Å². The number of aromatic nitrogens is 2. The van der Waals surface area contributed by atoms with E-state index < -0.39 is 4.92 Å². The molecule has 1 aliphatic heterocycles. The van der Waals surface area contributed by atoms with Gasteiger partial charge in [0.05, 0.1) is 10.6 Å². The molecule has 0 spiro atoms. The zero-order valence-electron chi connectivity index (χ0n) is 16.9. The summed E-state index contributed by atoms with van der Waals surface area (Å²) in [5, 5.41) is 11.0. The number of nitro benzene ring substituents is 1. The summed E-state index contributed by atoms with van der Waals surface area (Å²) in [5.41, 5.74) is 2.40. The highest BCUT2D eigenvalue weighted by Crippen LogP contribution is 2.23. The maximum atomic E-state index is 13.2. The molecule has 2 heterocycles. The fraction of sp³-hybridized carbons (Fsp3) is 0.227. The Hall–Kier alpha value is -3.88. The van der Waals surface area contributed by atoms with E-state index in [4.69, 9.17) is 0 Å². The predicted molar refractivity (Wildman–Crippen MR) is 113 cm³/mol. The highest BCUT2D eigenvalue weighted by atomic mass is 19.1. The number of carbonyl (C=O) groups is 1. The van der Waals surface area contributed by atoms with Crippen LogP contribution in [0.15, 0.2) is 54.9 Å². The lowest BCUT2D eigenvalue weighted by molar-refractivity contribution is -0.385. The Kier molecular flexibility index (Phi) is 5.57. The Morgan fingerprint density at radius 1 is 1.03 bits per heavy atom. The predicted octanol–water partition coefficient (Wildman–Crippen LogP) is 3.46. The molecule has 9 heteroatoms. The molecule has 1 aliphatic rings. The van der Waals surface area contributed by atoms with E-state index in [-0.39, 0.29) is 17.4 Å². The SMILES string of the molecule is Cc1cc(C(=O)N2CCN(c3cc(-c4ccc(F)cc4)ncn3)CC2)ccc1[N+](=O)[O-]. The van der Waals surface area contributed by atoms with Gasteiger partial charge in [-0.3, -0.25) is 14.9 Å². The molecule has 3 aromatic rings. The summed E-state index contributed by atoms with van der Waals surface area (Å²) >= 11 is 0. The molecule has 0 unspecified atom stereocenters. The van der Waals surface area contributed by atoms with E-state index in [1.165, 1.54) is 30.6 Å². The van der Waals surface area contributed by atoms with Gasteiger partial charge < -0.3 is 9.80 Å². The van der Waals surface area contributed by atoms with Crippen LogP contribution in [0.4, 0.5) is 15.9 Å². The zero-order valence-corrected chi connectivity index (χ0v) is 16.9. The molecule has 1 fully saturated rings. The first-order valence-corrected chi connectivity index (χ1v) is 9.79. The van der Waals surface area contributed by atoms with Crippen molar-refractivity contribution >= 4 is 17.4 Å². The standard InChI is InChI=1S/C22H20FN5O3/c1-15-12-17(4-7-20(15)28(30)31)22(29)27-10-8-26(9-11-27)21-13-19(24-14-25-21)16-2-5-18(23)6-3-16/h2-7,12-14H,8-11H2,1H3. The monoisotopic (exact) mass is 421 g/mol. The first kappa shape index (κ1) is 20.4. The largest absolute Gasteiger partial charge is 0.353 e. The summed E-state index contributed by atoms with van der Waals surface area (Å²) in [6.45, 7) is 3.82. The number of nitrogens with zero attached hydrogens (tertiary/aromatic N) is 5. The molecule has 0 atom stereocenters. The lowest BCUT2D eigenvalue weighted by Crippen LogP contribution is -2.49. The van der Waals surface area contributed by atoms with Gasteiger partial charge in [-0.25, -0.2) is 14.4 Å². The summed E-state index contributed by atoms with van der Waals surface area (Å²) in [4.78, 5) is 35.8. The van der Waals surface area contributed by atoms with Crippen LogP contribution in [-0.4, -0.2) is 51.9 Å². The van der Waals surface area contributed by atoms with Gasteiger partial charge in [-0.1, -0.05) is 0 Å². The molecule has 0 bridgehead atoms. The fourth-order valence-corrected chi connectivity index (χ4v) is 3.61. The maximum absolute atomic E-state index is 13.2. The van der Waals surface area contributed by atoms with Crippen LogP contribution in [0.1, 0.15) is 15.9 Å². The van der Waals surface area contributed by atoms with Crippen molar-refractivity contribution in [2.75, 3.05) is 31.1 Å². The van der Waals surface area contributed by atoms with Crippen molar-refractivity contribution in [1.82, 2.24) is 14.9 Å². The molecular formula is C22H20FN5O3. The van der Waals surface area contributed by atoms with Gasteiger partial charge in [0.15, 0.2) is 0 Å². The van der Waals surface area contributed by atoms with E-state index in [2.05, 4.69) is 14.9 Å². The minimum Gasteiger partial charge on any atom is -0.353 e. The Labute approximate surface area is 178 Å². The Bertz CT molecular complexity index is 1130. The van der Waals surface area contributed by atoms with Crippen molar-refractivity contribution in [2.24, 2.45) is 0 Å². The van der Waals surface area contributed by atoms with E-state index >= 15 is 0 Å². The van der Waals surface area contributed by atoms with Crippen LogP contribution < -0.4 is 4.90 Å². The smallest absolute Gasteiger partial charge is 0.272 e. The van der Waals surface area contributed by atoms with Gasteiger partial charge in [0.2, 0.25) is 0 Å². The molecule has 1 saturated heterocycles. The van der Waals surface area contributed by atoms with Crippen LogP contribution in [0.2, 0.25) is 0 Å². The maximum Gasteiger partial charge on any atom is 0.272 e. The second-order valence-corrected chi connectivity index (χ2v) is 7.31. The van der Waals surface area contributed by atoms with Crippen molar-refractivity contribution in [3.63, 3.8) is 0 Å². The summed E-state index contributed by atoms with van der Waals surface area (Å²) in [6.07, 6.45) is 1.48. The van der Waals surface area contributed by atoms with Gasteiger partial charge in [0.1, 0.15) is 18.0 Å². The number of carbonyl (C=O) groups excluding carboxylic acids is 1. The van der Waals surface area contributed by atoms with Crippen molar-refractivity contribution in [3.05, 3.63) is 81.9 Å². The number of rotatable bonds is 4. The molecule has 0 aliphatic carbocycles. The summed E-state index contributed by atoms with van der Waals surface area (Å²) < 4.78 is 13.2. The number of nitro groups is 1. The highest BCUT2D eigenvalue weighted by molar-refractivity contribution is 5.95. The number of benzene rings is 2. The van der Waals surface area contributed by atoms with Crippen molar-refractivity contribution < 1.29 is 14.1 Å². The number of anilines is 1. The van der Waals surface area contributed by atoms with Crippen molar-refractivity contribution in [3.8, 4) is 11.3 Å². The molecule has 158 valence electrons. The molecule has 2 aromatic carbocycles. The van der Waals surface area contributed by atoms with E-state index in [0.717, 1.165) is 11.4 Å². The number of halogens is 1. The van der Waals surface area contributed by atoms with Crippen LogP contribution in [0.5, 0.6) is 0 Å². The summed E-state index contributed by atoms with van der Waals surface area (Å²) in [5.74, 6) is 0.293. The first-order chi connectivity index (χ1) is 14.9. The average molecular weight is 421 g/mol. The van der Waals surface area contributed by atoms with Gasteiger partial charge in [-0.05, 0) is 43.3 Å². The average Bonchev–Trinajstić information content (AvgIpc) is 2.79. The fourth-order valence-electron chi connectivity index (χ4n) is 3.61. The normalized spacial score (nSPS) is 13.9. The lowest BCUT2D eigenvalue weighted by Gasteiger charge is -2.35. The Balaban J connectivity index is 1.43. The third kappa shape index (κ3) is 4.35. The van der Waals surface area contributed by atoms with Crippen molar-refractivity contribution in [1.29, 1.82) is 0 Å². The van der Waals surface area contributed by atoms with Crippen LogP contribution >= 0.6 is 0 Å². The Morgan fingerprint density at radius 2 is 1.74 bits per heavy atom. The molecule has 0 saturated carbocycles. The van der Waals surface area contributed by atoms with Gasteiger partial charge in [0.25, 0.3) is 11.6 Å². The van der Waals surface area contributed by atoms with Gasteiger partial charge in [-0.15, -0.1) is 0 Å². The molecule has 1 amide bonds. The number of hydrogen-bond donors (Lipinski definition) is 0. The van der Waals surface area contributed by atoms with Crippen LogP contribution in [0, 0.1) is 22.9 Å². The minimum atomic E-state index is -0.454. The number of aryl methyl sites for hydroxylation is 1. The third-order valence-electron chi connectivity index (χ3n) is 5.32. The van der Waals surface area contributed by atoms with E-state index in [1.807, 2.05) is 6.07 Å². The molecule has 4 rings (SSSR count). The summed E-state index contributed by atoms with van der Waals surface area (Å²) in [6, 6.07) is 12.4. The van der Waals surface area contributed by atoms with E-state index in [9.17, 15) is 19.3 Å². The number of hydrogen-bond acceptors (Lipinski definition) is 6. The molecule has 1 aromatic heterocycles. The van der Waals surface area contributed by atoms with Crippen LogP contribution in [0.3, 0.4) is 0 Å². The molecule has 8 nitrogen and oxygen atoms in total. The number of amides is 1. The quantitative estimate of drug-likeness (QED) is 0.473. The van der Waals surface area contributed by atoms with Crippen LogP contribution in [0.25, 0.3) is 11.3 Å². The third-order valence-corrected chi connectivity index (χ3v) is 5.32. The molecular weight excluding hydrogens is 401 g/mol. The topological polar surface area (TPSA) is 92.5 Å². The Morgan fingerprint density at radius 3 is 2.39 bits per heavy atom. The molecule has 0 radical (unpaired) electrons. The van der Waals surface area contributed by atoms with Gasteiger partial charge in [-0.2, -0.15) is 0 Å². The van der Waals surface area contributed by atoms with Gasteiger partial charge >= 0.3 is 0 Å². The minimum absolute atomic E-state index is 0.00193. The number of piperazine rings is 1. The van der Waals surface area contributed by atoms with E-state index in [0.29, 0.717) is 43.0 Å². The lowest BCUT2D eigenvalue weighted by atomic mass is 10.1.